The SMILES string of the molecule is O=C(N[C@H]1CN2CCC1CC2)Oc1csc(-c2cccnc2)c1. The topological polar surface area (TPSA) is 54.5 Å². The van der Waals surface area contributed by atoms with Gasteiger partial charge in [0.2, 0.25) is 0 Å². The molecule has 0 radical (unpaired) electrons. The van der Waals surface area contributed by atoms with Crippen molar-refractivity contribution in [3.8, 4) is 16.2 Å². The van der Waals surface area contributed by atoms with Crippen LogP contribution in [0.4, 0.5) is 4.79 Å². The summed E-state index contributed by atoms with van der Waals surface area (Å²) in [5.41, 5.74) is 1.03. The minimum absolute atomic E-state index is 0.224. The summed E-state index contributed by atoms with van der Waals surface area (Å²) in [6.07, 6.45) is 5.56. The van der Waals surface area contributed by atoms with Gasteiger partial charge in [-0.2, -0.15) is 0 Å². The second kappa shape index (κ2) is 6.29. The molecule has 5 rings (SSSR count). The van der Waals surface area contributed by atoms with Gasteiger partial charge < -0.3 is 15.0 Å². The number of nitrogens with one attached hydrogen (secondary N) is 1. The van der Waals surface area contributed by atoms with Crippen molar-refractivity contribution in [3.63, 3.8) is 0 Å². The molecule has 0 aromatic carbocycles. The Balaban J connectivity index is 1.37. The van der Waals surface area contributed by atoms with E-state index in [1.54, 1.807) is 17.5 Å². The molecule has 23 heavy (non-hydrogen) atoms. The highest BCUT2D eigenvalue weighted by Crippen LogP contribution is 2.31. The van der Waals surface area contributed by atoms with Crippen LogP contribution in [0.2, 0.25) is 0 Å². The number of aromatic nitrogens is 1. The molecule has 0 aliphatic carbocycles. The zero-order valence-electron chi connectivity index (χ0n) is 12.8. The van der Waals surface area contributed by atoms with E-state index < -0.39 is 0 Å². The molecule has 1 atom stereocenters. The van der Waals surface area contributed by atoms with E-state index in [1.165, 1.54) is 12.8 Å². The van der Waals surface area contributed by atoms with Crippen LogP contribution in [0.1, 0.15) is 12.8 Å². The summed E-state index contributed by atoms with van der Waals surface area (Å²) >= 11 is 1.55. The number of pyridine rings is 1. The molecule has 3 aliphatic heterocycles. The van der Waals surface area contributed by atoms with Crippen LogP contribution >= 0.6 is 11.3 Å². The largest absolute Gasteiger partial charge is 0.412 e. The Bertz CT molecular complexity index is 680. The minimum Gasteiger partial charge on any atom is -0.409 e. The third-order valence-corrected chi connectivity index (χ3v) is 5.65. The van der Waals surface area contributed by atoms with Gasteiger partial charge in [-0.15, -0.1) is 11.3 Å². The molecule has 1 N–H and O–H groups in total. The predicted octanol–water partition coefficient (Wildman–Crippen LogP) is 2.99. The molecular weight excluding hydrogens is 310 g/mol. The number of piperidine rings is 3. The lowest BCUT2D eigenvalue weighted by atomic mass is 9.84. The van der Waals surface area contributed by atoms with Crippen LogP contribution < -0.4 is 10.1 Å². The highest BCUT2D eigenvalue weighted by atomic mass is 32.1. The Hall–Kier alpha value is -1.92. The normalized spacial score (nSPS) is 26.0. The Morgan fingerprint density at radius 1 is 1.39 bits per heavy atom. The van der Waals surface area contributed by atoms with E-state index in [0.29, 0.717) is 11.7 Å². The number of nitrogens with zero attached hydrogens (tertiary/aromatic N) is 2. The maximum Gasteiger partial charge on any atom is 0.412 e. The summed E-state index contributed by atoms with van der Waals surface area (Å²) in [7, 11) is 0. The highest BCUT2D eigenvalue weighted by Gasteiger charge is 2.35. The van der Waals surface area contributed by atoms with E-state index in [4.69, 9.17) is 4.74 Å². The van der Waals surface area contributed by atoms with Gasteiger partial charge in [0.1, 0.15) is 5.75 Å². The van der Waals surface area contributed by atoms with Gasteiger partial charge in [0.25, 0.3) is 0 Å². The molecule has 120 valence electrons. The molecule has 2 bridgehead atoms. The van der Waals surface area contributed by atoms with Crippen molar-refractivity contribution in [2.24, 2.45) is 5.92 Å². The fraction of sp³-hybridized carbons (Fsp3) is 0.412. The van der Waals surface area contributed by atoms with Crippen LogP contribution in [0.25, 0.3) is 10.4 Å². The second-order valence-electron chi connectivity index (χ2n) is 6.17. The summed E-state index contributed by atoms with van der Waals surface area (Å²) in [6, 6.07) is 6.00. The molecule has 5 heterocycles. The van der Waals surface area contributed by atoms with E-state index in [9.17, 15) is 4.79 Å². The number of hydrogen-bond donors (Lipinski definition) is 1. The molecule has 2 aromatic rings. The van der Waals surface area contributed by atoms with Crippen molar-refractivity contribution in [2.45, 2.75) is 18.9 Å². The number of thiophene rings is 1. The van der Waals surface area contributed by atoms with Gasteiger partial charge >= 0.3 is 6.09 Å². The van der Waals surface area contributed by atoms with Crippen molar-refractivity contribution in [1.82, 2.24) is 15.2 Å². The lowest BCUT2D eigenvalue weighted by Crippen LogP contribution is -2.57. The monoisotopic (exact) mass is 329 g/mol. The fourth-order valence-electron chi connectivity index (χ4n) is 3.45. The first kappa shape index (κ1) is 14.7. The third-order valence-electron chi connectivity index (χ3n) is 4.69. The molecule has 0 spiro atoms. The maximum absolute atomic E-state index is 12.1. The number of carbonyl (C=O) groups is 1. The fourth-order valence-corrected chi connectivity index (χ4v) is 4.25. The summed E-state index contributed by atoms with van der Waals surface area (Å²) in [5.74, 6) is 1.19. The third kappa shape index (κ3) is 3.23. The van der Waals surface area contributed by atoms with E-state index in [0.717, 1.165) is 30.1 Å². The van der Waals surface area contributed by atoms with E-state index in [2.05, 4.69) is 15.2 Å². The number of hydrogen-bond acceptors (Lipinski definition) is 5. The number of rotatable bonds is 3. The Kier molecular flexibility index (Phi) is 4.01. The molecule has 2 aromatic heterocycles. The van der Waals surface area contributed by atoms with Gasteiger partial charge in [0.15, 0.2) is 0 Å². The molecule has 3 saturated heterocycles. The van der Waals surface area contributed by atoms with E-state index in [1.807, 2.05) is 29.8 Å². The first-order valence-electron chi connectivity index (χ1n) is 7.97. The van der Waals surface area contributed by atoms with Crippen molar-refractivity contribution >= 4 is 17.4 Å². The van der Waals surface area contributed by atoms with E-state index >= 15 is 0 Å². The molecule has 1 amide bonds. The average molecular weight is 329 g/mol. The van der Waals surface area contributed by atoms with Crippen LogP contribution in [-0.2, 0) is 0 Å². The summed E-state index contributed by atoms with van der Waals surface area (Å²) in [5, 5.41) is 4.90. The smallest absolute Gasteiger partial charge is 0.409 e. The van der Waals surface area contributed by atoms with Gasteiger partial charge in [-0.05, 0) is 44.0 Å². The van der Waals surface area contributed by atoms with Gasteiger partial charge in [0.05, 0.1) is 0 Å². The van der Waals surface area contributed by atoms with Crippen LogP contribution in [0.15, 0.2) is 36.0 Å². The van der Waals surface area contributed by atoms with Gasteiger partial charge in [-0.1, -0.05) is 6.07 Å². The molecule has 6 heteroatoms. The standard InChI is InChI=1S/C17H19N3O2S/c21-17(19-15-10-20-6-3-12(15)4-7-20)22-14-8-16(23-11-14)13-2-1-5-18-9-13/h1-2,5,8-9,11-12,15H,3-4,6-7,10H2,(H,19,21)/t15-/m0/s1. The average Bonchev–Trinajstić information content (AvgIpc) is 3.05. The summed E-state index contributed by atoms with van der Waals surface area (Å²) < 4.78 is 5.45. The first-order valence-corrected chi connectivity index (χ1v) is 8.85. The summed E-state index contributed by atoms with van der Waals surface area (Å²) in [4.78, 5) is 19.7. The highest BCUT2D eigenvalue weighted by molar-refractivity contribution is 7.13. The lowest BCUT2D eigenvalue weighted by molar-refractivity contribution is 0.0725. The van der Waals surface area contributed by atoms with Gasteiger partial charge in [0, 0.05) is 40.8 Å². The van der Waals surface area contributed by atoms with E-state index in [-0.39, 0.29) is 12.1 Å². The number of fused-ring (bicyclic) bond motifs is 3. The number of amides is 1. The van der Waals surface area contributed by atoms with Crippen molar-refractivity contribution in [2.75, 3.05) is 19.6 Å². The predicted molar refractivity (Wildman–Crippen MR) is 89.7 cm³/mol. The molecule has 5 nitrogen and oxygen atoms in total. The van der Waals surface area contributed by atoms with Crippen molar-refractivity contribution in [3.05, 3.63) is 36.0 Å². The van der Waals surface area contributed by atoms with Crippen LogP contribution in [0.5, 0.6) is 5.75 Å². The Labute approximate surface area is 139 Å². The van der Waals surface area contributed by atoms with Crippen LogP contribution in [0, 0.1) is 5.92 Å². The number of ether oxygens (including phenoxy) is 1. The molecule has 0 saturated carbocycles. The summed E-state index contributed by atoms with van der Waals surface area (Å²) in [6.45, 7) is 3.28. The second-order valence-corrected chi connectivity index (χ2v) is 7.08. The maximum atomic E-state index is 12.1. The quantitative estimate of drug-likeness (QED) is 0.940. The van der Waals surface area contributed by atoms with Crippen LogP contribution in [0.3, 0.4) is 0 Å². The molecule has 0 unspecified atom stereocenters. The Morgan fingerprint density at radius 3 is 2.96 bits per heavy atom. The zero-order valence-corrected chi connectivity index (χ0v) is 13.6. The van der Waals surface area contributed by atoms with Crippen LogP contribution in [-0.4, -0.2) is 41.7 Å². The number of carbonyl (C=O) groups excluding carboxylic acids is 1. The lowest BCUT2D eigenvalue weighted by Gasteiger charge is -2.44. The minimum atomic E-state index is -0.348. The molecule has 3 aliphatic rings. The van der Waals surface area contributed by atoms with Crippen molar-refractivity contribution in [1.29, 1.82) is 0 Å². The molecular formula is C17H19N3O2S. The first-order chi connectivity index (χ1) is 11.3. The Morgan fingerprint density at radius 2 is 2.26 bits per heavy atom. The van der Waals surface area contributed by atoms with Gasteiger partial charge in [-0.3, -0.25) is 4.98 Å². The zero-order chi connectivity index (χ0) is 15.6. The van der Waals surface area contributed by atoms with Crippen molar-refractivity contribution < 1.29 is 9.53 Å². The molecule has 3 fully saturated rings. The van der Waals surface area contributed by atoms with Gasteiger partial charge in [-0.25, -0.2) is 4.79 Å².